The van der Waals surface area contributed by atoms with Crippen LogP contribution in [0.2, 0.25) is 0 Å². The standard InChI is InChI=1S/C18H17F3N4O/c1-10-17(26-11-5-6-22-7-11)24-9-15(25-10)13-8-23-16-12(13)3-2-4-14(16)18(19,20)21/h2-4,8-9,11,22-23H,5-7H2,1H3. The molecule has 2 N–H and O–H groups in total. The Morgan fingerprint density at radius 2 is 2.12 bits per heavy atom. The number of halogens is 3. The SMILES string of the molecule is Cc1nc(-c2c[nH]c3c(C(F)(F)F)cccc23)cnc1OC1CCNC1. The summed E-state index contributed by atoms with van der Waals surface area (Å²) < 4.78 is 45.3. The van der Waals surface area contributed by atoms with Gasteiger partial charge in [-0.2, -0.15) is 13.2 Å². The van der Waals surface area contributed by atoms with E-state index in [1.165, 1.54) is 18.5 Å². The van der Waals surface area contributed by atoms with Crippen molar-refractivity contribution in [3.8, 4) is 17.1 Å². The second kappa shape index (κ2) is 6.28. The lowest BCUT2D eigenvalue weighted by Crippen LogP contribution is -2.20. The first-order valence-corrected chi connectivity index (χ1v) is 8.32. The zero-order chi connectivity index (χ0) is 18.3. The summed E-state index contributed by atoms with van der Waals surface area (Å²) >= 11 is 0. The van der Waals surface area contributed by atoms with Gasteiger partial charge in [-0.25, -0.2) is 9.97 Å². The van der Waals surface area contributed by atoms with Gasteiger partial charge in [-0.15, -0.1) is 0 Å². The molecule has 5 nitrogen and oxygen atoms in total. The molecule has 0 radical (unpaired) electrons. The van der Waals surface area contributed by atoms with E-state index < -0.39 is 11.7 Å². The maximum absolute atomic E-state index is 13.2. The van der Waals surface area contributed by atoms with E-state index in [4.69, 9.17) is 4.74 Å². The molecule has 1 aliphatic heterocycles. The summed E-state index contributed by atoms with van der Waals surface area (Å²) in [6.45, 7) is 3.46. The van der Waals surface area contributed by atoms with Crippen LogP contribution in [0.1, 0.15) is 17.7 Å². The van der Waals surface area contributed by atoms with Gasteiger partial charge in [0.1, 0.15) is 11.8 Å². The summed E-state index contributed by atoms with van der Waals surface area (Å²) in [5, 5.41) is 3.67. The average Bonchev–Trinajstić information content (AvgIpc) is 3.25. The van der Waals surface area contributed by atoms with Gasteiger partial charge in [0, 0.05) is 23.7 Å². The fourth-order valence-electron chi connectivity index (χ4n) is 3.21. The number of hydrogen-bond donors (Lipinski definition) is 2. The lowest BCUT2D eigenvalue weighted by Gasteiger charge is -2.13. The number of ether oxygens (including phenoxy) is 1. The van der Waals surface area contributed by atoms with Crippen molar-refractivity contribution in [1.82, 2.24) is 20.3 Å². The largest absolute Gasteiger partial charge is 0.472 e. The van der Waals surface area contributed by atoms with Gasteiger partial charge in [-0.3, -0.25) is 0 Å². The number of aryl methyl sites for hydroxylation is 1. The van der Waals surface area contributed by atoms with Crippen molar-refractivity contribution in [2.45, 2.75) is 25.6 Å². The van der Waals surface area contributed by atoms with Crippen LogP contribution in [-0.4, -0.2) is 34.1 Å². The fraction of sp³-hybridized carbons (Fsp3) is 0.333. The molecule has 1 aliphatic rings. The Bertz CT molecular complexity index is 945. The Morgan fingerprint density at radius 3 is 2.81 bits per heavy atom. The third-order valence-electron chi connectivity index (χ3n) is 4.49. The molecule has 0 saturated carbocycles. The number of aromatic nitrogens is 3. The number of aromatic amines is 1. The predicted molar refractivity (Wildman–Crippen MR) is 91.0 cm³/mol. The summed E-state index contributed by atoms with van der Waals surface area (Å²) in [4.78, 5) is 11.5. The van der Waals surface area contributed by atoms with E-state index in [1.54, 1.807) is 13.0 Å². The summed E-state index contributed by atoms with van der Waals surface area (Å²) in [5.74, 6) is 0.457. The van der Waals surface area contributed by atoms with Crippen LogP contribution < -0.4 is 10.1 Å². The quantitative estimate of drug-likeness (QED) is 0.746. The van der Waals surface area contributed by atoms with Gasteiger partial charge in [0.25, 0.3) is 0 Å². The molecule has 1 unspecified atom stereocenters. The molecule has 2 aromatic heterocycles. The summed E-state index contributed by atoms with van der Waals surface area (Å²) in [5.41, 5.74) is 1.04. The van der Waals surface area contributed by atoms with E-state index in [0.29, 0.717) is 28.2 Å². The molecule has 1 saturated heterocycles. The molecule has 1 fully saturated rings. The van der Waals surface area contributed by atoms with Crippen LogP contribution >= 0.6 is 0 Å². The number of benzene rings is 1. The molecule has 3 heterocycles. The second-order valence-electron chi connectivity index (χ2n) is 6.31. The molecule has 4 rings (SSSR count). The molecule has 0 aliphatic carbocycles. The summed E-state index contributed by atoms with van der Waals surface area (Å²) in [6.07, 6.45) is -0.378. The van der Waals surface area contributed by atoms with E-state index in [9.17, 15) is 13.2 Å². The predicted octanol–water partition coefficient (Wildman–Crippen LogP) is 3.69. The molecular formula is C18H17F3N4O. The molecule has 1 aromatic carbocycles. The van der Waals surface area contributed by atoms with Gasteiger partial charge in [0.15, 0.2) is 0 Å². The number of nitrogens with one attached hydrogen (secondary N) is 2. The van der Waals surface area contributed by atoms with Gasteiger partial charge in [0.05, 0.1) is 23.0 Å². The Labute approximate surface area is 147 Å². The normalized spacial score (nSPS) is 17.8. The number of para-hydroxylation sites is 1. The van der Waals surface area contributed by atoms with Crippen LogP contribution in [0, 0.1) is 6.92 Å². The Morgan fingerprint density at radius 1 is 1.27 bits per heavy atom. The minimum Gasteiger partial charge on any atom is -0.472 e. The van der Waals surface area contributed by atoms with Crippen LogP contribution in [0.15, 0.2) is 30.6 Å². The number of hydrogen-bond acceptors (Lipinski definition) is 4. The summed E-state index contributed by atoms with van der Waals surface area (Å²) in [6, 6.07) is 4.10. The van der Waals surface area contributed by atoms with Crippen LogP contribution in [0.3, 0.4) is 0 Å². The van der Waals surface area contributed by atoms with Gasteiger partial charge < -0.3 is 15.0 Å². The van der Waals surface area contributed by atoms with Crippen LogP contribution in [0.5, 0.6) is 5.88 Å². The topological polar surface area (TPSA) is 62.8 Å². The van der Waals surface area contributed by atoms with Crippen LogP contribution in [0.25, 0.3) is 22.2 Å². The fourth-order valence-corrected chi connectivity index (χ4v) is 3.21. The Hall–Kier alpha value is -2.61. The first kappa shape index (κ1) is 16.8. The van der Waals surface area contributed by atoms with Gasteiger partial charge >= 0.3 is 6.18 Å². The highest BCUT2D eigenvalue weighted by Gasteiger charge is 2.33. The van der Waals surface area contributed by atoms with Crippen molar-refractivity contribution in [2.24, 2.45) is 0 Å². The molecule has 0 amide bonds. The van der Waals surface area contributed by atoms with Crippen molar-refractivity contribution in [1.29, 1.82) is 0 Å². The van der Waals surface area contributed by atoms with E-state index >= 15 is 0 Å². The van der Waals surface area contributed by atoms with Crippen molar-refractivity contribution >= 4 is 10.9 Å². The first-order valence-electron chi connectivity index (χ1n) is 8.32. The Kier molecular flexibility index (Phi) is 4.07. The lowest BCUT2D eigenvalue weighted by molar-refractivity contribution is -0.136. The molecule has 0 spiro atoms. The minimum absolute atomic E-state index is 0.0480. The van der Waals surface area contributed by atoms with Crippen LogP contribution in [-0.2, 0) is 6.18 Å². The third-order valence-corrected chi connectivity index (χ3v) is 4.49. The number of nitrogens with zero attached hydrogens (tertiary/aromatic N) is 2. The Balaban J connectivity index is 1.70. The number of H-pyrrole nitrogens is 1. The average molecular weight is 362 g/mol. The monoisotopic (exact) mass is 362 g/mol. The minimum atomic E-state index is -4.42. The highest BCUT2D eigenvalue weighted by molar-refractivity contribution is 5.96. The molecule has 0 bridgehead atoms. The van der Waals surface area contributed by atoms with Crippen LogP contribution in [0.4, 0.5) is 13.2 Å². The van der Waals surface area contributed by atoms with Crippen molar-refractivity contribution in [3.63, 3.8) is 0 Å². The van der Waals surface area contributed by atoms with Gasteiger partial charge in [0.2, 0.25) is 5.88 Å². The zero-order valence-electron chi connectivity index (χ0n) is 14.0. The first-order chi connectivity index (χ1) is 12.4. The smallest absolute Gasteiger partial charge is 0.418 e. The van der Waals surface area contributed by atoms with Crippen molar-refractivity contribution < 1.29 is 17.9 Å². The number of rotatable bonds is 3. The number of alkyl halides is 3. The molecule has 26 heavy (non-hydrogen) atoms. The van der Waals surface area contributed by atoms with E-state index in [1.807, 2.05) is 0 Å². The van der Waals surface area contributed by atoms with E-state index in [2.05, 4.69) is 20.3 Å². The molecular weight excluding hydrogens is 345 g/mol. The maximum atomic E-state index is 13.2. The number of fused-ring (bicyclic) bond motifs is 1. The second-order valence-corrected chi connectivity index (χ2v) is 6.31. The maximum Gasteiger partial charge on any atom is 0.418 e. The van der Waals surface area contributed by atoms with E-state index in [0.717, 1.165) is 25.6 Å². The zero-order valence-corrected chi connectivity index (χ0v) is 14.0. The highest BCUT2D eigenvalue weighted by atomic mass is 19.4. The van der Waals surface area contributed by atoms with Crippen molar-refractivity contribution in [3.05, 3.63) is 41.9 Å². The van der Waals surface area contributed by atoms with E-state index in [-0.39, 0.29) is 11.6 Å². The van der Waals surface area contributed by atoms with Crippen molar-refractivity contribution in [2.75, 3.05) is 13.1 Å². The molecule has 1 atom stereocenters. The lowest BCUT2D eigenvalue weighted by atomic mass is 10.1. The highest BCUT2D eigenvalue weighted by Crippen LogP contribution is 2.37. The van der Waals surface area contributed by atoms with Gasteiger partial charge in [-0.05, 0) is 26.0 Å². The molecule has 8 heteroatoms. The third kappa shape index (κ3) is 3.01. The summed E-state index contributed by atoms with van der Waals surface area (Å²) in [7, 11) is 0. The van der Waals surface area contributed by atoms with Gasteiger partial charge in [-0.1, -0.05) is 12.1 Å². The molecule has 3 aromatic rings. The molecule has 136 valence electrons.